The summed E-state index contributed by atoms with van der Waals surface area (Å²) < 4.78 is 48.5. The Morgan fingerprint density at radius 1 is 0.257 bits per heavy atom. The van der Waals surface area contributed by atoms with E-state index in [0.29, 0.717) is 22.9 Å². The first kappa shape index (κ1) is 68.3. The van der Waals surface area contributed by atoms with Crippen LogP contribution < -0.4 is 19.3 Å². The maximum absolute atomic E-state index is 17.7. The minimum atomic E-state index is -0.934. The predicted molar refractivity (Wildman–Crippen MR) is 459 cm³/mol. The molecule has 0 saturated heterocycles. The number of aryl methyl sites for hydroxylation is 4. The van der Waals surface area contributed by atoms with E-state index in [1.165, 1.54) is 0 Å². The molecule has 0 aliphatic heterocycles. The molecule has 0 fully saturated rings. The van der Waals surface area contributed by atoms with Gasteiger partial charge in [-0.05, 0) is 283 Å². The van der Waals surface area contributed by atoms with Gasteiger partial charge in [-0.3, -0.25) is 0 Å². The third-order valence-electron chi connectivity index (χ3n) is 24.2. The molecule has 4 aliphatic rings. The summed E-state index contributed by atoms with van der Waals surface area (Å²) in [5, 5.41) is 0. The van der Waals surface area contributed by atoms with Crippen molar-refractivity contribution in [2.45, 2.75) is 43.9 Å². The molecule has 16 aromatic rings. The van der Waals surface area contributed by atoms with Crippen molar-refractivity contribution in [2.24, 2.45) is 0 Å². The van der Waals surface area contributed by atoms with Crippen LogP contribution in [0.5, 0.6) is 23.0 Å². The Balaban J connectivity index is 0.774. The van der Waals surface area contributed by atoms with Crippen molar-refractivity contribution < 1.29 is 18.3 Å². The third-order valence-corrected chi connectivity index (χ3v) is 24.2. The van der Waals surface area contributed by atoms with E-state index in [-0.39, 0.29) is 11.6 Å². The smallest absolute Gasteiger partial charge is 0.147 e. The van der Waals surface area contributed by atoms with Crippen LogP contribution in [0.1, 0.15) is 100 Å². The minimum Gasteiger partial charge on any atom is -0.457 e. The fourth-order valence-corrected chi connectivity index (χ4v) is 19.3. The molecular weight excluding hydrogens is 1380 g/mol. The molecule has 0 heterocycles. The van der Waals surface area contributed by atoms with Gasteiger partial charge in [0.1, 0.15) is 34.6 Å². The summed E-state index contributed by atoms with van der Waals surface area (Å²) in [6.45, 7) is 16.7. The van der Waals surface area contributed by atoms with Gasteiger partial charge in [0.05, 0.1) is 27.6 Å². The maximum atomic E-state index is 17.7. The SMILES string of the molecule is C=Cc1ccc(Oc2ccc(C3(c4cc(C)ccc4C)c4ccccc4-c4ccc(N(c5ccc6c(c5)C5(c7ccccc7-6)c6ccccc6-c6ccc(N(c7ccc8c(c7)C(c7ccc(Oc9ccc(C=C)cc9)cc7)(c7cc(C)ccc7C)c7ccccc7-8)c7ccccc7F)cc65)c5ccccc5F)cc43)cc2)cc1. The molecule has 0 radical (unpaired) electrons. The highest BCUT2D eigenvalue weighted by Gasteiger charge is 2.54. The van der Waals surface area contributed by atoms with Crippen LogP contribution in [0, 0.1) is 39.3 Å². The number of hydrogen-bond acceptors (Lipinski definition) is 4. The van der Waals surface area contributed by atoms with Gasteiger partial charge in [0.25, 0.3) is 0 Å². The number of benzene rings is 16. The molecule has 2 atom stereocenters. The molecule has 0 N–H and O–H groups in total. The molecular formula is C107H76F2N2O2. The number of para-hydroxylation sites is 2. The normalized spacial score (nSPS) is 16.1. The molecule has 0 bridgehead atoms. The topological polar surface area (TPSA) is 24.9 Å². The minimum absolute atomic E-state index is 0.365. The summed E-state index contributed by atoms with van der Waals surface area (Å²) in [7, 11) is 0. The highest BCUT2D eigenvalue weighted by atomic mass is 19.1. The zero-order chi connectivity index (χ0) is 76.4. The van der Waals surface area contributed by atoms with Crippen LogP contribution in [0.25, 0.3) is 56.7 Å². The van der Waals surface area contributed by atoms with E-state index in [1.807, 2.05) is 84.9 Å². The van der Waals surface area contributed by atoms with E-state index in [9.17, 15) is 0 Å². The van der Waals surface area contributed by atoms with Crippen LogP contribution in [0.4, 0.5) is 42.9 Å². The van der Waals surface area contributed by atoms with Crippen LogP contribution in [-0.4, -0.2) is 0 Å². The molecule has 2 unspecified atom stereocenters. The number of halogens is 2. The van der Waals surface area contributed by atoms with Crippen molar-refractivity contribution in [1.29, 1.82) is 0 Å². The van der Waals surface area contributed by atoms with E-state index in [2.05, 4.69) is 305 Å². The van der Waals surface area contributed by atoms with Gasteiger partial charge < -0.3 is 19.3 Å². The molecule has 0 amide bonds. The van der Waals surface area contributed by atoms with Gasteiger partial charge in [-0.2, -0.15) is 0 Å². The fraction of sp³-hybridized carbons (Fsp3) is 0.0654. The Morgan fingerprint density at radius 2 is 0.531 bits per heavy atom. The molecule has 540 valence electrons. The molecule has 16 aromatic carbocycles. The summed E-state index contributed by atoms with van der Waals surface area (Å²) in [4.78, 5) is 4.23. The van der Waals surface area contributed by atoms with Gasteiger partial charge in [-0.25, -0.2) is 8.78 Å². The van der Waals surface area contributed by atoms with Crippen LogP contribution in [-0.2, 0) is 16.2 Å². The second kappa shape index (κ2) is 26.7. The van der Waals surface area contributed by atoms with E-state index >= 15 is 8.78 Å². The molecule has 113 heavy (non-hydrogen) atoms. The number of hydrogen-bond donors (Lipinski definition) is 0. The molecule has 20 rings (SSSR count). The monoisotopic (exact) mass is 1460 g/mol. The number of nitrogens with zero attached hydrogens (tertiary/aromatic N) is 2. The molecule has 6 heteroatoms. The number of anilines is 6. The lowest BCUT2D eigenvalue weighted by molar-refractivity contribution is 0.482. The summed E-state index contributed by atoms with van der Waals surface area (Å²) in [5.41, 5.74) is 29.9. The zero-order valence-corrected chi connectivity index (χ0v) is 63.0. The van der Waals surface area contributed by atoms with Gasteiger partial charge in [0, 0.05) is 22.7 Å². The summed E-state index contributed by atoms with van der Waals surface area (Å²) in [6.07, 6.45) is 3.66. The lowest BCUT2D eigenvalue weighted by Gasteiger charge is -2.36. The van der Waals surface area contributed by atoms with E-state index in [0.717, 1.165) is 179 Å². The second-order valence-electron chi connectivity index (χ2n) is 30.4. The van der Waals surface area contributed by atoms with E-state index in [1.54, 1.807) is 24.3 Å². The highest BCUT2D eigenvalue weighted by molar-refractivity contribution is 5.99. The van der Waals surface area contributed by atoms with Gasteiger partial charge in [0.15, 0.2) is 0 Å². The van der Waals surface area contributed by atoms with Gasteiger partial charge in [-0.1, -0.05) is 267 Å². The Bertz CT molecular complexity index is 6180. The highest BCUT2D eigenvalue weighted by Crippen LogP contribution is 2.66. The lowest BCUT2D eigenvalue weighted by Crippen LogP contribution is -2.30. The first-order chi connectivity index (χ1) is 55.4. The lowest BCUT2D eigenvalue weighted by atomic mass is 9.66. The summed E-state index contributed by atoms with van der Waals surface area (Å²) in [5.74, 6) is 2.15. The van der Waals surface area contributed by atoms with Crippen molar-refractivity contribution in [2.75, 3.05) is 9.80 Å². The third kappa shape index (κ3) is 10.5. The molecule has 4 aliphatic carbocycles. The molecule has 0 aromatic heterocycles. The van der Waals surface area contributed by atoms with Gasteiger partial charge in [0.2, 0.25) is 0 Å². The fourth-order valence-electron chi connectivity index (χ4n) is 19.3. The average molecular weight is 1460 g/mol. The largest absolute Gasteiger partial charge is 0.457 e. The van der Waals surface area contributed by atoms with Crippen molar-refractivity contribution in [3.05, 3.63) is 477 Å². The predicted octanol–water partition coefficient (Wildman–Crippen LogP) is 28.1. The first-order valence-electron chi connectivity index (χ1n) is 38.6. The van der Waals surface area contributed by atoms with Gasteiger partial charge >= 0.3 is 0 Å². The maximum Gasteiger partial charge on any atom is 0.147 e. The zero-order valence-electron chi connectivity index (χ0n) is 63.0. The van der Waals surface area contributed by atoms with Crippen LogP contribution in [0.15, 0.2) is 365 Å². The molecule has 4 nitrogen and oxygen atoms in total. The van der Waals surface area contributed by atoms with Crippen molar-refractivity contribution in [3.63, 3.8) is 0 Å². The van der Waals surface area contributed by atoms with Crippen LogP contribution in [0.2, 0.25) is 0 Å². The standard InChI is InChI=1S/C107H76F2N2O2/c1-7-71-37-49-79(50-38-71)112-81-53-41-73(42-54-81)105(95-61-67(3)33-35-69(95)5)91-25-13-9-21-83(91)87-57-45-75(63-97(87)105)110(103-31-19-17-29-101(103)108)77-47-59-89-85-23-11-15-27-93(85)107(99(89)65-77)94-28-16-12-24-86(94)90-60-48-78(66-100(90)107)111(104-32-20-18-30-102(104)109)76-46-58-88-84-22-10-14-26-92(84)106(98(88)64-76,96-62-68(4)34-36-70(96)6)74-43-55-82(56-44-74)113-80-51-39-72(8-2)40-52-80/h7-66H,1-2H2,3-6H3. The Hall–Kier alpha value is -13.9. The summed E-state index contributed by atoms with van der Waals surface area (Å²) in [6, 6.07) is 123. The number of fused-ring (bicyclic) bond motifs is 16. The van der Waals surface area contributed by atoms with Crippen molar-refractivity contribution in [3.8, 4) is 67.5 Å². The Labute approximate surface area is 658 Å². The number of rotatable bonds is 16. The molecule has 1 spiro atoms. The summed E-state index contributed by atoms with van der Waals surface area (Å²) >= 11 is 0. The first-order valence-corrected chi connectivity index (χ1v) is 38.6. The average Bonchev–Trinajstić information content (AvgIpc) is 1.51. The molecule has 0 saturated carbocycles. The second-order valence-corrected chi connectivity index (χ2v) is 30.4. The Kier molecular flexibility index (Phi) is 16.1. The van der Waals surface area contributed by atoms with Crippen LogP contribution >= 0.6 is 0 Å². The quantitative estimate of drug-likeness (QED) is 0.0963. The van der Waals surface area contributed by atoms with Crippen molar-refractivity contribution in [1.82, 2.24) is 0 Å². The van der Waals surface area contributed by atoms with Crippen molar-refractivity contribution >= 4 is 46.3 Å². The number of ether oxygens (including phenoxy) is 2. The van der Waals surface area contributed by atoms with Gasteiger partial charge in [-0.15, -0.1) is 0 Å². The van der Waals surface area contributed by atoms with E-state index in [4.69, 9.17) is 9.47 Å². The van der Waals surface area contributed by atoms with E-state index < -0.39 is 16.2 Å². The Morgan fingerprint density at radius 3 is 0.850 bits per heavy atom. The van der Waals surface area contributed by atoms with Crippen LogP contribution in [0.3, 0.4) is 0 Å².